The summed E-state index contributed by atoms with van der Waals surface area (Å²) in [7, 11) is 0. The maximum Gasteiger partial charge on any atom is 0.323 e. The molecule has 1 fully saturated rings. The van der Waals surface area contributed by atoms with Gasteiger partial charge in [-0.1, -0.05) is 20.8 Å². The van der Waals surface area contributed by atoms with Crippen LogP contribution in [0.3, 0.4) is 0 Å². The summed E-state index contributed by atoms with van der Waals surface area (Å²) in [6.07, 6.45) is 2.98. The first-order chi connectivity index (χ1) is 6.94. The van der Waals surface area contributed by atoms with Gasteiger partial charge in [0.25, 0.3) is 0 Å². The Balaban J connectivity index is 2.67. The van der Waals surface area contributed by atoms with Gasteiger partial charge < -0.3 is 5.11 Å². The maximum absolute atomic E-state index is 11.2. The van der Waals surface area contributed by atoms with E-state index in [1.165, 1.54) is 0 Å². The summed E-state index contributed by atoms with van der Waals surface area (Å²) in [5.74, 6) is -0.689. The second-order valence-corrected chi connectivity index (χ2v) is 5.00. The molecule has 1 rings (SSSR count). The van der Waals surface area contributed by atoms with E-state index < -0.39 is 11.5 Å². The van der Waals surface area contributed by atoms with Gasteiger partial charge in [-0.3, -0.25) is 9.69 Å². The van der Waals surface area contributed by atoms with Crippen molar-refractivity contribution in [3.8, 4) is 0 Å². The third-order valence-electron chi connectivity index (χ3n) is 4.40. The van der Waals surface area contributed by atoms with Crippen molar-refractivity contribution in [2.75, 3.05) is 13.1 Å². The Hall–Kier alpha value is -0.570. The largest absolute Gasteiger partial charge is 0.480 e. The van der Waals surface area contributed by atoms with Gasteiger partial charge in [0.15, 0.2) is 0 Å². The van der Waals surface area contributed by atoms with Crippen LogP contribution in [0.1, 0.15) is 47.0 Å². The molecule has 0 aromatic heterocycles. The number of aliphatic carboxylic acids is 1. The fraction of sp³-hybridized carbons (Fsp3) is 0.917. The molecule has 1 unspecified atom stereocenters. The summed E-state index contributed by atoms with van der Waals surface area (Å²) in [6, 6.07) is 0. The second-order valence-electron chi connectivity index (χ2n) is 5.00. The number of carboxylic acid groups (broad SMARTS) is 1. The number of likely N-dealkylation sites (tertiary alicyclic amines) is 1. The van der Waals surface area contributed by atoms with Crippen LogP contribution in [0.2, 0.25) is 0 Å². The Morgan fingerprint density at radius 2 is 1.80 bits per heavy atom. The lowest BCUT2D eigenvalue weighted by molar-refractivity contribution is -0.162. The van der Waals surface area contributed by atoms with Crippen LogP contribution < -0.4 is 0 Å². The normalized spacial score (nSPS) is 24.3. The Kier molecular flexibility index (Phi) is 3.44. The van der Waals surface area contributed by atoms with Gasteiger partial charge in [0, 0.05) is 13.1 Å². The van der Waals surface area contributed by atoms with Crippen molar-refractivity contribution in [2.24, 2.45) is 5.41 Å². The molecular weight excluding hydrogens is 190 g/mol. The lowest BCUT2D eigenvalue weighted by Crippen LogP contribution is -2.66. The molecule has 0 bridgehead atoms. The number of carbonyl (C=O) groups is 1. The van der Waals surface area contributed by atoms with Crippen molar-refractivity contribution in [3.05, 3.63) is 0 Å². The molecule has 0 aromatic carbocycles. The predicted octanol–water partition coefficient (Wildman–Crippen LogP) is 2.36. The van der Waals surface area contributed by atoms with E-state index in [-0.39, 0.29) is 0 Å². The third-order valence-corrected chi connectivity index (χ3v) is 4.40. The SMILES string of the molecule is CCC1(CC)CN(C(C)(CC)C(=O)O)C1. The molecule has 0 saturated carbocycles. The molecule has 0 spiro atoms. The van der Waals surface area contributed by atoms with Crippen molar-refractivity contribution < 1.29 is 9.90 Å². The van der Waals surface area contributed by atoms with Gasteiger partial charge >= 0.3 is 5.97 Å². The molecule has 15 heavy (non-hydrogen) atoms. The van der Waals surface area contributed by atoms with Crippen LogP contribution in [0.25, 0.3) is 0 Å². The van der Waals surface area contributed by atoms with Gasteiger partial charge in [-0.15, -0.1) is 0 Å². The molecule has 1 aliphatic rings. The van der Waals surface area contributed by atoms with Crippen molar-refractivity contribution >= 4 is 5.97 Å². The first-order valence-corrected chi connectivity index (χ1v) is 5.92. The van der Waals surface area contributed by atoms with Gasteiger partial charge in [-0.05, 0) is 31.6 Å². The van der Waals surface area contributed by atoms with Crippen LogP contribution in [0.15, 0.2) is 0 Å². The predicted molar refractivity (Wildman–Crippen MR) is 60.9 cm³/mol. The summed E-state index contributed by atoms with van der Waals surface area (Å²) in [4.78, 5) is 13.3. The highest BCUT2D eigenvalue weighted by atomic mass is 16.4. The molecule has 1 saturated heterocycles. The number of hydrogen-bond donors (Lipinski definition) is 1. The highest BCUT2D eigenvalue weighted by molar-refractivity contribution is 5.78. The van der Waals surface area contributed by atoms with Gasteiger partial charge in [0.05, 0.1) is 0 Å². The van der Waals surface area contributed by atoms with Crippen LogP contribution in [0, 0.1) is 5.41 Å². The zero-order valence-corrected chi connectivity index (χ0v) is 10.3. The monoisotopic (exact) mass is 213 g/mol. The molecule has 0 amide bonds. The summed E-state index contributed by atoms with van der Waals surface area (Å²) in [5, 5.41) is 9.24. The number of carboxylic acids is 1. The van der Waals surface area contributed by atoms with Gasteiger partial charge in [-0.25, -0.2) is 0 Å². The fourth-order valence-electron chi connectivity index (χ4n) is 2.32. The van der Waals surface area contributed by atoms with E-state index in [4.69, 9.17) is 0 Å². The van der Waals surface area contributed by atoms with E-state index in [0.717, 1.165) is 25.9 Å². The first kappa shape index (κ1) is 12.5. The Labute approximate surface area is 92.5 Å². The summed E-state index contributed by atoms with van der Waals surface area (Å²) in [5.41, 5.74) is -0.278. The van der Waals surface area contributed by atoms with Crippen molar-refractivity contribution in [1.29, 1.82) is 0 Å². The van der Waals surface area contributed by atoms with Crippen molar-refractivity contribution in [2.45, 2.75) is 52.5 Å². The van der Waals surface area contributed by atoms with Crippen molar-refractivity contribution in [3.63, 3.8) is 0 Å². The minimum absolute atomic E-state index is 0.381. The van der Waals surface area contributed by atoms with E-state index in [0.29, 0.717) is 11.8 Å². The molecule has 0 aromatic rings. The molecule has 0 aliphatic carbocycles. The lowest BCUT2D eigenvalue weighted by atomic mass is 9.72. The second kappa shape index (κ2) is 4.12. The minimum atomic E-state index is -0.689. The standard InChI is InChI=1S/C12H23NO2/c1-5-11(4,10(14)15)13-8-12(6-2,7-3)9-13/h5-9H2,1-4H3,(H,14,15). The summed E-state index contributed by atoms with van der Waals surface area (Å²) >= 11 is 0. The van der Waals surface area contributed by atoms with Crippen LogP contribution in [0.5, 0.6) is 0 Å². The van der Waals surface area contributed by atoms with Gasteiger partial charge in [0.1, 0.15) is 5.54 Å². The zero-order chi connectivity index (χ0) is 11.7. The maximum atomic E-state index is 11.2. The lowest BCUT2D eigenvalue weighted by Gasteiger charge is -2.55. The van der Waals surface area contributed by atoms with Gasteiger partial charge in [-0.2, -0.15) is 0 Å². The first-order valence-electron chi connectivity index (χ1n) is 5.92. The highest BCUT2D eigenvalue weighted by Crippen LogP contribution is 2.41. The molecule has 0 radical (unpaired) electrons. The molecule has 1 N–H and O–H groups in total. The van der Waals surface area contributed by atoms with Crippen LogP contribution in [-0.4, -0.2) is 34.6 Å². The smallest absolute Gasteiger partial charge is 0.323 e. The third kappa shape index (κ3) is 1.89. The molecule has 1 atom stereocenters. The fourth-order valence-corrected chi connectivity index (χ4v) is 2.32. The van der Waals surface area contributed by atoms with Crippen LogP contribution in [0.4, 0.5) is 0 Å². The van der Waals surface area contributed by atoms with E-state index in [1.807, 2.05) is 13.8 Å². The van der Waals surface area contributed by atoms with Crippen molar-refractivity contribution in [1.82, 2.24) is 4.90 Å². The zero-order valence-electron chi connectivity index (χ0n) is 10.3. The number of hydrogen-bond acceptors (Lipinski definition) is 2. The Morgan fingerprint density at radius 3 is 2.07 bits per heavy atom. The van der Waals surface area contributed by atoms with Crippen LogP contribution in [-0.2, 0) is 4.79 Å². The Bertz CT molecular complexity index is 240. The quantitative estimate of drug-likeness (QED) is 0.762. The van der Waals surface area contributed by atoms with Gasteiger partial charge in [0.2, 0.25) is 0 Å². The Morgan fingerprint density at radius 1 is 1.33 bits per heavy atom. The molecule has 3 heteroatoms. The van der Waals surface area contributed by atoms with E-state index >= 15 is 0 Å². The number of rotatable bonds is 5. The highest BCUT2D eigenvalue weighted by Gasteiger charge is 2.50. The minimum Gasteiger partial charge on any atom is -0.480 e. The van der Waals surface area contributed by atoms with E-state index in [1.54, 1.807) is 0 Å². The number of nitrogens with zero attached hydrogens (tertiary/aromatic N) is 1. The molecular formula is C12H23NO2. The van der Waals surface area contributed by atoms with E-state index in [9.17, 15) is 9.90 Å². The average Bonchev–Trinajstić information content (AvgIpc) is 2.17. The summed E-state index contributed by atoms with van der Waals surface area (Å²) < 4.78 is 0. The molecule has 3 nitrogen and oxygen atoms in total. The summed E-state index contributed by atoms with van der Waals surface area (Å²) in [6.45, 7) is 10.1. The molecule has 88 valence electrons. The molecule has 1 aliphatic heterocycles. The van der Waals surface area contributed by atoms with E-state index in [2.05, 4.69) is 18.7 Å². The average molecular weight is 213 g/mol. The topological polar surface area (TPSA) is 40.5 Å². The van der Waals surface area contributed by atoms with Crippen LogP contribution >= 0.6 is 0 Å². The molecule has 1 heterocycles.